The van der Waals surface area contributed by atoms with Crippen LogP contribution >= 0.6 is 0 Å². The molecule has 0 amide bonds. The number of aromatic amines is 1. The third-order valence-corrected chi connectivity index (χ3v) is 6.88. The first-order chi connectivity index (χ1) is 15.3. The van der Waals surface area contributed by atoms with Gasteiger partial charge in [0, 0.05) is 29.0 Å². The summed E-state index contributed by atoms with van der Waals surface area (Å²) in [6.07, 6.45) is 15.3. The molecule has 0 radical (unpaired) electrons. The predicted octanol–water partition coefficient (Wildman–Crippen LogP) is 7.23. The van der Waals surface area contributed by atoms with E-state index in [9.17, 15) is 0 Å². The number of benzene rings is 2. The molecule has 3 N–H and O–H groups in total. The van der Waals surface area contributed by atoms with Crippen molar-refractivity contribution in [2.45, 2.75) is 76.3 Å². The van der Waals surface area contributed by atoms with Crippen molar-refractivity contribution in [2.75, 3.05) is 10.6 Å². The van der Waals surface area contributed by atoms with Gasteiger partial charge in [-0.05, 0) is 67.6 Å². The molecule has 0 saturated heterocycles. The van der Waals surface area contributed by atoms with Crippen LogP contribution in [0.5, 0.6) is 0 Å². The van der Waals surface area contributed by atoms with E-state index >= 15 is 0 Å². The Bertz CT molecular complexity index is 868. The highest BCUT2D eigenvalue weighted by Gasteiger charge is 2.14. The van der Waals surface area contributed by atoms with Crippen LogP contribution in [0.2, 0.25) is 0 Å². The maximum atomic E-state index is 4.63. The molecule has 2 aliphatic carbocycles. The standard InChI is InChI=1S/C27H34N4/c1-3-7-22(8-4-1)29-24-15-11-20(12-16-24)26-19-28-27(31-26)21-13-17-25(18-14-21)30-23-9-5-2-6-10-23/h11-19,22-23,29-30H,1-10H2,(H,28,31). The summed E-state index contributed by atoms with van der Waals surface area (Å²) in [5, 5.41) is 7.38. The summed E-state index contributed by atoms with van der Waals surface area (Å²) >= 11 is 0. The first-order valence-electron chi connectivity index (χ1n) is 12.1. The highest BCUT2D eigenvalue weighted by Crippen LogP contribution is 2.27. The number of aromatic nitrogens is 2. The highest BCUT2D eigenvalue weighted by molar-refractivity contribution is 5.67. The Kier molecular flexibility index (Phi) is 6.24. The minimum absolute atomic E-state index is 0.630. The number of anilines is 2. The summed E-state index contributed by atoms with van der Waals surface area (Å²) < 4.78 is 0. The van der Waals surface area contributed by atoms with Crippen molar-refractivity contribution in [3.05, 3.63) is 54.7 Å². The summed E-state index contributed by atoms with van der Waals surface area (Å²) in [5.74, 6) is 0.920. The Morgan fingerprint density at radius 3 is 1.61 bits per heavy atom. The lowest BCUT2D eigenvalue weighted by molar-refractivity contribution is 0.463. The topological polar surface area (TPSA) is 52.7 Å². The Hall–Kier alpha value is -2.75. The van der Waals surface area contributed by atoms with Crippen LogP contribution in [0.1, 0.15) is 64.2 Å². The van der Waals surface area contributed by atoms with Gasteiger partial charge in [-0.25, -0.2) is 4.98 Å². The molecule has 2 saturated carbocycles. The molecule has 0 spiro atoms. The zero-order valence-electron chi connectivity index (χ0n) is 18.4. The molecular formula is C27H34N4. The lowest BCUT2D eigenvalue weighted by Gasteiger charge is -2.23. The van der Waals surface area contributed by atoms with Crippen molar-refractivity contribution in [3.8, 4) is 22.6 Å². The van der Waals surface area contributed by atoms with Crippen molar-refractivity contribution in [2.24, 2.45) is 0 Å². The number of rotatable bonds is 6. The largest absolute Gasteiger partial charge is 0.382 e. The number of hydrogen-bond donors (Lipinski definition) is 3. The smallest absolute Gasteiger partial charge is 0.137 e. The minimum atomic E-state index is 0.630. The number of nitrogens with zero attached hydrogens (tertiary/aromatic N) is 1. The van der Waals surface area contributed by atoms with Crippen LogP contribution in [0.4, 0.5) is 11.4 Å². The molecule has 4 nitrogen and oxygen atoms in total. The van der Waals surface area contributed by atoms with E-state index in [0.29, 0.717) is 12.1 Å². The molecule has 0 atom stereocenters. The van der Waals surface area contributed by atoms with Gasteiger partial charge in [-0.3, -0.25) is 0 Å². The maximum Gasteiger partial charge on any atom is 0.137 e. The van der Waals surface area contributed by atoms with Crippen molar-refractivity contribution in [1.82, 2.24) is 9.97 Å². The maximum absolute atomic E-state index is 4.63. The Morgan fingerprint density at radius 1 is 0.613 bits per heavy atom. The zero-order chi connectivity index (χ0) is 20.9. The minimum Gasteiger partial charge on any atom is -0.382 e. The van der Waals surface area contributed by atoms with Gasteiger partial charge in [-0.1, -0.05) is 50.7 Å². The fourth-order valence-corrected chi connectivity index (χ4v) is 5.05. The second kappa shape index (κ2) is 9.59. The van der Waals surface area contributed by atoms with E-state index in [-0.39, 0.29) is 0 Å². The quantitative estimate of drug-likeness (QED) is 0.399. The molecule has 4 heteroatoms. The van der Waals surface area contributed by atoms with Crippen LogP contribution in [0, 0.1) is 0 Å². The van der Waals surface area contributed by atoms with Gasteiger partial charge in [-0.15, -0.1) is 0 Å². The lowest BCUT2D eigenvalue weighted by atomic mass is 9.95. The van der Waals surface area contributed by atoms with Crippen LogP contribution in [0.3, 0.4) is 0 Å². The predicted molar refractivity (Wildman–Crippen MR) is 130 cm³/mol. The third-order valence-electron chi connectivity index (χ3n) is 6.88. The van der Waals surface area contributed by atoms with E-state index in [1.807, 2.05) is 6.20 Å². The van der Waals surface area contributed by atoms with Gasteiger partial charge in [0.25, 0.3) is 0 Å². The SMILES string of the molecule is c1cc(-c2cnc(-c3ccc(NC4CCCCC4)cc3)[nH]2)ccc1NC1CCCCC1. The molecule has 2 fully saturated rings. The molecule has 0 bridgehead atoms. The Morgan fingerprint density at radius 2 is 1.10 bits per heavy atom. The van der Waals surface area contributed by atoms with Gasteiger partial charge in [0.2, 0.25) is 0 Å². The van der Waals surface area contributed by atoms with Crippen molar-refractivity contribution in [3.63, 3.8) is 0 Å². The summed E-state index contributed by atoms with van der Waals surface area (Å²) in [7, 11) is 0. The van der Waals surface area contributed by atoms with Crippen LogP contribution in [-0.2, 0) is 0 Å². The van der Waals surface area contributed by atoms with E-state index in [4.69, 9.17) is 0 Å². The normalized spacial score (nSPS) is 18.1. The third kappa shape index (κ3) is 5.12. The van der Waals surface area contributed by atoms with E-state index < -0.39 is 0 Å². The van der Waals surface area contributed by atoms with Gasteiger partial charge < -0.3 is 15.6 Å². The van der Waals surface area contributed by atoms with Crippen LogP contribution in [-0.4, -0.2) is 22.1 Å². The highest BCUT2D eigenvalue weighted by atomic mass is 14.9. The molecule has 31 heavy (non-hydrogen) atoms. The summed E-state index contributed by atoms with van der Waals surface area (Å²) in [5.41, 5.74) is 5.78. The molecule has 2 aliphatic rings. The molecular weight excluding hydrogens is 380 g/mol. The Balaban J connectivity index is 1.22. The van der Waals surface area contributed by atoms with Crippen LogP contribution < -0.4 is 10.6 Å². The van der Waals surface area contributed by atoms with E-state index in [2.05, 4.69) is 69.1 Å². The zero-order valence-corrected chi connectivity index (χ0v) is 18.4. The first-order valence-corrected chi connectivity index (χ1v) is 12.1. The van der Waals surface area contributed by atoms with Gasteiger partial charge in [0.05, 0.1) is 11.9 Å². The van der Waals surface area contributed by atoms with Gasteiger partial charge >= 0.3 is 0 Å². The molecule has 162 valence electrons. The fraction of sp³-hybridized carbons (Fsp3) is 0.444. The van der Waals surface area contributed by atoms with Crippen molar-refractivity contribution < 1.29 is 0 Å². The average Bonchev–Trinajstić information content (AvgIpc) is 3.32. The van der Waals surface area contributed by atoms with E-state index in [1.165, 1.54) is 81.1 Å². The van der Waals surface area contributed by atoms with Gasteiger partial charge in [0.15, 0.2) is 0 Å². The van der Waals surface area contributed by atoms with Crippen molar-refractivity contribution >= 4 is 11.4 Å². The number of nitrogens with one attached hydrogen (secondary N) is 3. The van der Waals surface area contributed by atoms with Gasteiger partial charge in [-0.2, -0.15) is 0 Å². The molecule has 0 unspecified atom stereocenters. The lowest BCUT2D eigenvalue weighted by Crippen LogP contribution is -2.22. The first kappa shape index (κ1) is 20.2. The molecule has 3 aromatic rings. The molecule has 2 aromatic carbocycles. The summed E-state index contributed by atoms with van der Waals surface area (Å²) in [6.45, 7) is 0. The van der Waals surface area contributed by atoms with Crippen LogP contribution in [0.25, 0.3) is 22.6 Å². The molecule has 0 aliphatic heterocycles. The van der Waals surface area contributed by atoms with Crippen LogP contribution in [0.15, 0.2) is 54.7 Å². The molecule has 5 rings (SSSR count). The molecule has 1 heterocycles. The fourth-order valence-electron chi connectivity index (χ4n) is 5.05. The average molecular weight is 415 g/mol. The molecule has 1 aromatic heterocycles. The van der Waals surface area contributed by atoms with Gasteiger partial charge in [0.1, 0.15) is 5.82 Å². The monoisotopic (exact) mass is 414 g/mol. The number of imidazole rings is 1. The Labute approximate surface area is 185 Å². The van der Waals surface area contributed by atoms with Crippen molar-refractivity contribution in [1.29, 1.82) is 0 Å². The summed E-state index contributed by atoms with van der Waals surface area (Å²) in [6, 6.07) is 18.7. The van der Waals surface area contributed by atoms with E-state index in [1.54, 1.807) is 0 Å². The number of H-pyrrole nitrogens is 1. The van der Waals surface area contributed by atoms with E-state index in [0.717, 1.165) is 17.1 Å². The second-order valence-electron chi connectivity index (χ2n) is 9.26. The second-order valence-corrected chi connectivity index (χ2v) is 9.26. The summed E-state index contributed by atoms with van der Waals surface area (Å²) in [4.78, 5) is 8.13. The number of hydrogen-bond acceptors (Lipinski definition) is 3.